The van der Waals surface area contributed by atoms with E-state index in [0.29, 0.717) is 43.4 Å². The van der Waals surface area contributed by atoms with Gasteiger partial charge in [0.15, 0.2) is 5.58 Å². The predicted octanol–water partition coefficient (Wildman–Crippen LogP) is 2.09. The van der Waals surface area contributed by atoms with Crippen LogP contribution in [0.15, 0.2) is 22.6 Å². The first-order valence-electron chi connectivity index (χ1n) is 8.38. The van der Waals surface area contributed by atoms with Crippen LogP contribution in [0.25, 0.3) is 11.1 Å². The quantitative estimate of drug-likeness (QED) is 0.931. The average molecular weight is 333 g/mol. The summed E-state index contributed by atoms with van der Waals surface area (Å²) >= 11 is 0. The highest BCUT2D eigenvalue weighted by Gasteiger charge is 2.32. The molecule has 6 nitrogen and oxygen atoms in total. The Labute approximate surface area is 139 Å². The summed E-state index contributed by atoms with van der Waals surface area (Å²) < 4.78 is 24.2. The zero-order valence-corrected chi connectivity index (χ0v) is 13.3. The number of nitrogens with zero attached hydrogens (tertiary/aromatic N) is 2. The molecule has 2 aliphatic rings. The third-order valence-corrected chi connectivity index (χ3v) is 4.74. The normalized spacial score (nSPS) is 22.2. The van der Waals surface area contributed by atoms with Crippen LogP contribution in [0.1, 0.15) is 19.3 Å². The van der Waals surface area contributed by atoms with E-state index >= 15 is 0 Å². The van der Waals surface area contributed by atoms with Crippen LogP contribution < -0.4 is 10.2 Å². The van der Waals surface area contributed by atoms with Gasteiger partial charge in [0.2, 0.25) is 5.91 Å². The maximum absolute atomic E-state index is 13.3. The minimum atomic E-state index is -0.347. The minimum Gasteiger partial charge on any atom is -0.423 e. The van der Waals surface area contributed by atoms with Crippen LogP contribution in [0.4, 0.5) is 10.4 Å². The third-order valence-electron chi connectivity index (χ3n) is 4.74. The van der Waals surface area contributed by atoms with Gasteiger partial charge in [0.25, 0.3) is 6.01 Å². The minimum absolute atomic E-state index is 0.0698. The summed E-state index contributed by atoms with van der Waals surface area (Å²) in [6, 6.07) is 4.97. The van der Waals surface area contributed by atoms with Crippen LogP contribution in [-0.4, -0.2) is 43.2 Å². The van der Waals surface area contributed by atoms with E-state index in [0.717, 1.165) is 19.3 Å². The Balaban J connectivity index is 1.40. The third kappa shape index (κ3) is 3.08. The molecule has 2 fully saturated rings. The second-order valence-electron chi connectivity index (χ2n) is 6.44. The molecule has 0 aliphatic carbocycles. The Morgan fingerprint density at radius 1 is 1.29 bits per heavy atom. The van der Waals surface area contributed by atoms with Crippen LogP contribution in [0.3, 0.4) is 0 Å². The van der Waals surface area contributed by atoms with E-state index in [1.165, 1.54) is 12.1 Å². The number of benzene rings is 1. The van der Waals surface area contributed by atoms with Crippen molar-refractivity contribution in [3.8, 4) is 0 Å². The number of oxazole rings is 1. The van der Waals surface area contributed by atoms with Crippen LogP contribution in [0.2, 0.25) is 0 Å². The molecule has 0 bridgehead atoms. The van der Waals surface area contributed by atoms with Crippen molar-refractivity contribution in [2.75, 3.05) is 31.2 Å². The average Bonchev–Trinajstić information content (AvgIpc) is 3.22. The number of nitrogens with one attached hydrogen (secondary N) is 1. The van der Waals surface area contributed by atoms with Crippen LogP contribution in [-0.2, 0) is 9.53 Å². The molecule has 2 aromatic rings. The smallest absolute Gasteiger partial charge is 0.298 e. The SMILES string of the molecule is O=C(NC1CCOCC1)C1CCN(c2nc3ccc(F)cc3o2)C1. The molecule has 7 heteroatoms. The van der Waals surface area contributed by atoms with Gasteiger partial charge in [-0.2, -0.15) is 4.98 Å². The number of fused-ring (bicyclic) bond motifs is 1. The molecule has 24 heavy (non-hydrogen) atoms. The van der Waals surface area contributed by atoms with Gasteiger partial charge in [-0.1, -0.05) is 0 Å². The Bertz CT molecular complexity index is 742. The molecule has 1 N–H and O–H groups in total. The van der Waals surface area contributed by atoms with E-state index in [-0.39, 0.29) is 23.7 Å². The summed E-state index contributed by atoms with van der Waals surface area (Å²) in [7, 11) is 0. The second-order valence-corrected chi connectivity index (χ2v) is 6.44. The van der Waals surface area contributed by atoms with Gasteiger partial charge >= 0.3 is 0 Å². The number of hydrogen-bond donors (Lipinski definition) is 1. The molecule has 128 valence electrons. The van der Waals surface area contributed by atoms with Crippen molar-refractivity contribution < 1.29 is 18.3 Å². The zero-order valence-electron chi connectivity index (χ0n) is 13.3. The standard InChI is InChI=1S/C17H20FN3O3/c18-12-1-2-14-15(9-12)24-17(20-14)21-6-3-11(10-21)16(22)19-13-4-7-23-8-5-13/h1-2,9,11,13H,3-8,10H2,(H,19,22). The molecule has 0 saturated carbocycles. The number of halogens is 1. The fourth-order valence-corrected chi connectivity index (χ4v) is 3.33. The first-order chi connectivity index (χ1) is 11.7. The predicted molar refractivity (Wildman–Crippen MR) is 86.3 cm³/mol. The summed E-state index contributed by atoms with van der Waals surface area (Å²) in [6.45, 7) is 2.70. The van der Waals surface area contributed by atoms with E-state index < -0.39 is 0 Å². The van der Waals surface area contributed by atoms with Gasteiger partial charge in [-0.15, -0.1) is 0 Å². The van der Waals surface area contributed by atoms with E-state index in [1.54, 1.807) is 6.07 Å². The van der Waals surface area contributed by atoms with Crippen molar-refractivity contribution >= 4 is 23.0 Å². The van der Waals surface area contributed by atoms with Gasteiger partial charge in [0.1, 0.15) is 11.3 Å². The fraction of sp³-hybridized carbons (Fsp3) is 0.529. The van der Waals surface area contributed by atoms with E-state index in [1.807, 2.05) is 4.90 Å². The molecule has 1 amide bonds. The maximum Gasteiger partial charge on any atom is 0.298 e. The Morgan fingerprint density at radius 3 is 2.96 bits per heavy atom. The van der Waals surface area contributed by atoms with E-state index in [2.05, 4.69) is 10.3 Å². The molecule has 1 atom stereocenters. The summed E-state index contributed by atoms with van der Waals surface area (Å²) in [5, 5.41) is 3.12. The topological polar surface area (TPSA) is 67.6 Å². The number of carbonyl (C=O) groups excluding carboxylic acids is 1. The van der Waals surface area contributed by atoms with Gasteiger partial charge in [-0.3, -0.25) is 4.79 Å². The lowest BCUT2D eigenvalue weighted by atomic mass is 10.1. The Kier molecular flexibility index (Phi) is 4.10. The lowest BCUT2D eigenvalue weighted by Gasteiger charge is -2.24. The summed E-state index contributed by atoms with van der Waals surface area (Å²) in [5.41, 5.74) is 1.06. The van der Waals surface area contributed by atoms with Crippen molar-refractivity contribution in [3.05, 3.63) is 24.0 Å². The van der Waals surface area contributed by atoms with Crippen LogP contribution in [0, 0.1) is 11.7 Å². The highest BCUT2D eigenvalue weighted by Crippen LogP contribution is 2.27. The number of rotatable bonds is 3. The molecule has 4 rings (SSSR count). The summed E-state index contributed by atoms with van der Waals surface area (Å²) in [6.07, 6.45) is 2.51. The Morgan fingerprint density at radius 2 is 2.12 bits per heavy atom. The van der Waals surface area contributed by atoms with Crippen molar-refractivity contribution in [2.45, 2.75) is 25.3 Å². The lowest BCUT2D eigenvalue weighted by molar-refractivity contribution is -0.125. The molecular formula is C17H20FN3O3. The van der Waals surface area contributed by atoms with E-state index in [4.69, 9.17) is 9.15 Å². The van der Waals surface area contributed by atoms with Crippen molar-refractivity contribution in [1.29, 1.82) is 0 Å². The largest absolute Gasteiger partial charge is 0.423 e. The highest BCUT2D eigenvalue weighted by molar-refractivity contribution is 5.80. The van der Waals surface area contributed by atoms with Gasteiger partial charge in [-0.05, 0) is 31.4 Å². The summed E-state index contributed by atoms with van der Waals surface area (Å²) in [4.78, 5) is 18.8. The Hall–Kier alpha value is -2.15. The number of hydrogen-bond acceptors (Lipinski definition) is 5. The molecule has 1 aromatic heterocycles. The van der Waals surface area contributed by atoms with Crippen molar-refractivity contribution in [3.63, 3.8) is 0 Å². The molecule has 2 aliphatic heterocycles. The van der Waals surface area contributed by atoms with Crippen molar-refractivity contribution in [1.82, 2.24) is 10.3 Å². The van der Waals surface area contributed by atoms with Crippen molar-refractivity contribution in [2.24, 2.45) is 5.92 Å². The molecule has 3 heterocycles. The first kappa shape index (κ1) is 15.4. The van der Waals surface area contributed by atoms with Gasteiger partial charge < -0.3 is 19.4 Å². The number of aromatic nitrogens is 1. The van der Waals surface area contributed by atoms with Gasteiger partial charge in [0, 0.05) is 38.4 Å². The highest BCUT2D eigenvalue weighted by atomic mass is 19.1. The zero-order chi connectivity index (χ0) is 16.5. The molecule has 2 saturated heterocycles. The molecule has 0 radical (unpaired) electrons. The van der Waals surface area contributed by atoms with Gasteiger partial charge in [0.05, 0.1) is 5.92 Å². The number of amides is 1. The lowest BCUT2D eigenvalue weighted by Crippen LogP contribution is -2.42. The fourth-order valence-electron chi connectivity index (χ4n) is 3.33. The van der Waals surface area contributed by atoms with E-state index in [9.17, 15) is 9.18 Å². The second kappa shape index (κ2) is 6.39. The number of anilines is 1. The maximum atomic E-state index is 13.3. The molecule has 1 unspecified atom stereocenters. The van der Waals surface area contributed by atoms with Crippen LogP contribution in [0.5, 0.6) is 0 Å². The summed E-state index contributed by atoms with van der Waals surface area (Å²) in [5.74, 6) is -0.327. The monoisotopic (exact) mass is 333 g/mol. The number of ether oxygens (including phenoxy) is 1. The first-order valence-corrected chi connectivity index (χ1v) is 8.38. The molecular weight excluding hydrogens is 313 g/mol. The number of carbonyl (C=O) groups is 1. The molecule has 0 spiro atoms. The van der Waals surface area contributed by atoms with Gasteiger partial charge in [-0.25, -0.2) is 4.39 Å². The van der Waals surface area contributed by atoms with Crippen LogP contribution >= 0.6 is 0 Å². The molecule has 1 aromatic carbocycles.